The number of nitrogens with zero attached hydrogens (tertiary/aromatic N) is 1. The molecule has 4 rings (SSSR count). The number of anilines is 1. The Morgan fingerprint density at radius 2 is 2.19 bits per heavy atom. The molecule has 0 saturated carbocycles. The van der Waals surface area contributed by atoms with E-state index in [2.05, 4.69) is 5.32 Å². The predicted molar refractivity (Wildman–Crippen MR) is 97.0 cm³/mol. The van der Waals surface area contributed by atoms with Crippen LogP contribution in [0.4, 0.5) is 5.69 Å². The first-order chi connectivity index (χ1) is 12.6. The Morgan fingerprint density at radius 3 is 2.92 bits per heavy atom. The van der Waals surface area contributed by atoms with Crippen LogP contribution in [0.2, 0.25) is 5.02 Å². The van der Waals surface area contributed by atoms with Crippen molar-refractivity contribution in [3.63, 3.8) is 0 Å². The summed E-state index contributed by atoms with van der Waals surface area (Å²) in [7, 11) is 1.63. The summed E-state index contributed by atoms with van der Waals surface area (Å²) in [5, 5.41) is 3.53. The minimum absolute atomic E-state index is 0.0730. The normalized spacial score (nSPS) is 31.5. The van der Waals surface area contributed by atoms with Crippen LogP contribution in [0.15, 0.2) is 36.4 Å². The van der Waals surface area contributed by atoms with Gasteiger partial charge in [-0.15, -0.1) is 0 Å². The number of methoxy groups -OCH3 is 1. The van der Waals surface area contributed by atoms with E-state index in [9.17, 15) is 9.59 Å². The molecule has 0 aromatic heterocycles. The van der Waals surface area contributed by atoms with Gasteiger partial charge in [0.15, 0.2) is 0 Å². The molecule has 26 heavy (non-hydrogen) atoms. The number of carbonyl (C=O) groups excluding carboxylic acids is 2. The first-order valence-electron chi connectivity index (χ1n) is 8.76. The Hall–Kier alpha value is -1.89. The van der Waals surface area contributed by atoms with Crippen LogP contribution >= 0.6 is 11.6 Å². The SMILES string of the molecule is COCCCNC(=O)[C@H]1[C@H]2C=C[C@]3(CN(c4ccc(Cl)cc4)C(=O)[C@@H]13)O2. The molecule has 0 radical (unpaired) electrons. The zero-order valence-corrected chi connectivity index (χ0v) is 15.2. The van der Waals surface area contributed by atoms with Gasteiger partial charge in [-0.2, -0.15) is 0 Å². The molecule has 1 aromatic carbocycles. The molecule has 7 heteroatoms. The molecule has 3 aliphatic heterocycles. The molecule has 4 atom stereocenters. The number of rotatable bonds is 6. The molecular weight excluding hydrogens is 356 g/mol. The second-order valence-electron chi connectivity index (χ2n) is 6.94. The number of nitrogens with one attached hydrogen (secondary N) is 1. The molecular formula is C19H21ClN2O4. The molecule has 0 unspecified atom stereocenters. The highest BCUT2D eigenvalue weighted by atomic mass is 35.5. The van der Waals surface area contributed by atoms with Gasteiger partial charge in [0, 0.05) is 31.0 Å². The number of halogens is 1. The molecule has 1 spiro atoms. The molecule has 3 heterocycles. The van der Waals surface area contributed by atoms with E-state index in [1.165, 1.54) is 0 Å². The highest BCUT2D eigenvalue weighted by Crippen LogP contribution is 2.52. The van der Waals surface area contributed by atoms with E-state index in [-0.39, 0.29) is 17.9 Å². The fourth-order valence-electron chi connectivity index (χ4n) is 4.18. The first kappa shape index (κ1) is 17.5. The molecule has 2 saturated heterocycles. The van der Waals surface area contributed by atoms with Crippen molar-refractivity contribution < 1.29 is 19.1 Å². The van der Waals surface area contributed by atoms with E-state index in [1.807, 2.05) is 24.3 Å². The third kappa shape index (κ3) is 2.73. The van der Waals surface area contributed by atoms with Crippen molar-refractivity contribution in [2.45, 2.75) is 18.1 Å². The molecule has 1 N–H and O–H groups in total. The maximum absolute atomic E-state index is 13.1. The van der Waals surface area contributed by atoms with Crippen LogP contribution in [0.3, 0.4) is 0 Å². The van der Waals surface area contributed by atoms with E-state index >= 15 is 0 Å². The summed E-state index contributed by atoms with van der Waals surface area (Å²) in [6, 6.07) is 7.13. The fraction of sp³-hybridized carbons (Fsp3) is 0.474. The molecule has 3 aliphatic rings. The van der Waals surface area contributed by atoms with Crippen LogP contribution in [0.5, 0.6) is 0 Å². The molecule has 0 aliphatic carbocycles. The summed E-state index contributed by atoms with van der Waals surface area (Å²) in [6.07, 6.45) is 4.26. The van der Waals surface area contributed by atoms with Gasteiger partial charge in [-0.25, -0.2) is 0 Å². The van der Waals surface area contributed by atoms with Gasteiger partial charge in [0.1, 0.15) is 5.60 Å². The number of hydrogen-bond acceptors (Lipinski definition) is 4. The highest BCUT2D eigenvalue weighted by Gasteiger charge is 2.66. The summed E-state index contributed by atoms with van der Waals surface area (Å²) < 4.78 is 11.1. The molecule has 2 amide bonds. The van der Waals surface area contributed by atoms with Gasteiger partial charge in [0.2, 0.25) is 11.8 Å². The second-order valence-corrected chi connectivity index (χ2v) is 7.37. The largest absolute Gasteiger partial charge is 0.385 e. The molecule has 6 nitrogen and oxygen atoms in total. The summed E-state index contributed by atoms with van der Waals surface area (Å²) in [5.74, 6) is -1.19. The van der Waals surface area contributed by atoms with Crippen LogP contribution in [0, 0.1) is 11.8 Å². The van der Waals surface area contributed by atoms with Gasteiger partial charge < -0.3 is 19.7 Å². The quantitative estimate of drug-likeness (QED) is 0.607. The third-order valence-electron chi connectivity index (χ3n) is 5.37. The number of amides is 2. The lowest BCUT2D eigenvalue weighted by molar-refractivity contribution is -0.131. The van der Waals surface area contributed by atoms with Crippen molar-refractivity contribution in [2.24, 2.45) is 11.8 Å². The van der Waals surface area contributed by atoms with Crippen LogP contribution in [-0.2, 0) is 19.1 Å². The maximum atomic E-state index is 13.1. The first-order valence-corrected chi connectivity index (χ1v) is 9.14. The topological polar surface area (TPSA) is 67.9 Å². The van der Waals surface area contributed by atoms with E-state index in [0.29, 0.717) is 24.7 Å². The molecule has 138 valence electrons. The third-order valence-corrected chi connectivity index (χ3v) is 5.62. The zero-order chi connectivity index (χ0) is 18.3. The van der Waals surface area contributed by atoms with E-state index in [0.717, 1.165) is 12.1 Å². The van der Waals surface area contributed by atoms with E-state index in [4.69, 9.17) is 21.1 Å². The van der Waals surface area contributed by atoms with Gasteiger partial charge in [0.05, 0.1) is 24.5 Å². The fourth-order valence-corrected chi connectivity index (χ4v) is 4.31. The lowest BCUT2D eigenvalue weighted by Crippen LogP contribution is -2.44. The Labute approximate surface area is 157 Å². The highest BCUT2D eigenvalue weighted by molar-refractivity contribution is 6.30. The van der Waals surface area contributed by atoms with E-state index in [1.54, 1.807) is 24.1 Å². The lowest BCUT2D eigenvalue weighted by Gasteiger charge is -2.23. The van der Waals surface area contributed by atoms with Gasteiger partial charge >= 0.3 is 0 Å². The predicted octanol–water partition coefficient (Wildman–Crippen LogP) is 1.78. The molecule has 1 aromatic rings. The van der Waals surface area contributed by atoms with Crippen molar-refractivity contribution in [3.05, 3.63) is 41.4 Å². The molecule has 2 fully saturated rings. The Morgan fingerprint density at radius 1 is 1.42 bits per heavy atom. The summed E-state index contributed by atoms with van der Waals surface area (Å²) in [5.41, 5.74) is 0.0542. The molecule has 2 bridgehead atoms. The second kappa shape index (κ2) is 6.68. The van der Waals surface area contributed by atoms with Crippen LogP contribution in [0.1, 0.15) is 6.42 Å². The van der Waals surface area contributed by atoms with Crippen LogP contribution in [0.25, 0.3) is 0 Å². The standard InChI is InChI=1S/C19H21ClN2O4/c1-25-10-2-9-21-17(23)15-14-7-8-19(26-14)11-22(18(24)16(15)19)13-5-3-12(20)4-6-13/h3-8,14-16H,2,9-11H2,1H3,(H,21,23)/t14-,15+,16-,19-/m1/s1. The number of carbonyl (C=O) groups is 2. The number of benzene rings is 1. The van der Waals surface area contributed by atoms with Crippen LogP contribution < -0.4 is 10.2 Å². The summed E-state index contributed by atoms with van der Waals surface area (Å²) in [4.78, 5) is 27.5. The van der Waals surface area contributed by atoms with Crippen molar-refractivity contribution in [1.29, 1.82) is 0 Å². The average molecular weight is 377 g/mol. The van der Waals surface area contributed by atoms with Crippen LogP contribution in [-0.4, -0.2) is 50.3 Å². The summed E-state index contributed by atoms with van der Waals surface area (Å²) >= 11 is 5.95. The van der Waals surface area contributed by atoms with Gasteiger partial charge in [-0.05, 0) is 30.7 Å². The number of fused-ring (bicyclic) bond motifs is 1. The lowest BCUT2D eigenvalue weighted by atomic mass is 9.77. The monoisotopic (exact) mass is 376 g/mol. The van der Waals surface area contributed by atoms with Gasteiger partial charge in [-0.1, -0.05) is 23.8 Å². The Bertz CT molecular complexity index is 750. The Balaban J connectivity index is 1.53. The van der Waals surface area contributed by atoms with Crippen molar-refractivity contribution in [2.75, 3.05) is 31.7 Å². The van der Waals surface area contributed by atoms with Crippen molar-refractivity contribution >= 4 is 29.1 Å². The zero-order valence-electron chi connectivity index (χ0n) is 14.5. The number of ether oxygens (including phenoxy) is 2. The maximum Gasteiger partial charge on any atom is 0.234 e. The Kier molecular flexibility index (Phi) is 4.50. The average Bonchev–Trinajstić information content (AvgIpc) is 3.28. The van der Waals surface area contributed by atoms with Crippen molar-refractivity contribution in [1.82, 2.24) is 5.32 Å². The number of hydrogen-bond donors (Lipinski definition) is 1. The minimum atomic E-state index is -0.712. The van der Waals surface area contributed by atoms with Gasteiger partial charge in [-0.3, -0.25) is 9.59 Å². The van der Waals surface area contributed by atoms with Gasteiger partial charge in [0.25, 0.3) is 0 Å². The minimum Gasteiger partial charge on any atom is -0.385 e. The smallest absolute Gasteiger partial charge is 0.234 e. The van der Waals surface area contributed by atoms with Crippen molar-refractivity contribution in [3.8, 4) is 0 Å². The summed E-state index contributed by atoms with van der Waals surface area (Å²) in [6.45, 7) is 1.52. The van der Waals surface area contributed by atoms with E-state index < -0.39 is 17.4 Å².